The van der Waals surface area contributed by atoms with Crippen molar-refractivity contribution in [2.45, 2.75) is 19.3 Å². The van der Waals surface area contributed by atoms with E-state index in [-0.39, 0.29) is 5.41 Å². The zero-order valence-electron chi connectivity index (χ0n) is 30.5. The van der Waals surface area contributed by atoms with Crippen LogP contribution in [0, 0.1) is 0 Å². The number of hydrogen-bond donors (Lipinski definition) is 0. The molecule has 0 radical (unpaired) electrons. The minimum absolute atomic E-state index is 0.119. The van der Waals surface area contributed by atoms with Crippen LogP contribution < -0.4 is 4.90 Å². The molecule has 1 heteroatoms. The van der Waals surface area contributed by atoms with Crippen LogP contribution >= 0.6 is 0 Å². The van der Waals surface area contributed by atoms with Gasteiger partial charge in [-0.3, -0.25) is 0 Å². The van der Waals surface area contributed by atoms with E-state index in [1.807, 2.05) is 0 Å². The summed E-state index contributed by atoms with van der Waals surface area (Å²) < 4.78 is 0. The maximum Gasteiger partial charge on any atom is 0.0540 e. The number of fused-ring (bicyclic) bond motifs is 5. The topological polar surface area (TPSA) is 3.24 Å². The van der Waals surface area contributed by atoms with Gasteiger partial charge in [0, 0.05) is 22.4 Å². The van der Waals surface area contributed by atoms with E-state index >= 15 is 0 Å². The van der Waals surface area contributed by atoms with E-state index in [2.05, 4.69) is 219 Å². The van der Waals surface area contributed by atoms with Crippen molar-refractivity contribution in [3.8, 4) is 44.5 Å². The van der Waals surface area contributed by atoms with Crippen molar-refractivity contribution in [2.24, 2.45) is 0 Å². The Bertz CT molecular complexity index is 2850. The number of anilines is 3. The molecule has 54 heavy (non-hydrogen) atoms. The third-order valence-corrected chi connectivity index (χ3v) is 11.4. The highest BCUT2D eigenvalue weighted by molar-refractivity contribution is 5.96. The Labute approximate surface area is 317 Å². The fourth-order valence-corrected chi connectivity index (χ4v) is 8.56. The molecule has 0 aromatic heterocycles. The largest absolute Gasteiger partial charge is 0.310 e. The first-order chi connectivity index (χ1) is 26.5. The first kappa shape index (κ1) is 32.0. The molecule has 0 amide bonds. The lowest BCUT2D eigenvalue weighted by atomic mass is 9.82. The Hall–Kier alpha value is -6.70. The quantitative estimate of drug-likeness (QED) is 0.168. The summed E-state index contributed by atoms with van der Waals surface area (Å²) in [6, 6.07) is 73.6. The molecule has 0 heterocycles. The molecule has 0 fully saturated rings. The molecular formula is C53H39N. The van der Waals surface area contributed by atoms with Gasteiger partial charge in [0.15, 0.2) is 0 Å². The van der Waals surface area contributed by atoms with Crippen LogP contribution in [0.4, 0.5) is 17.1 Å². The first-order valence-corrected chi connectivity index (χ1v) is 18.8. The summed E-state index contributed by atoms with van der Waals surface area (Å²) >= 11 is 0. The van der Waals surface area contributed by atoms with E-state index in [9.17, 15) is 0 Å². The summed E-state index contributed by atoms with van der Waals surface area (Å²) in [5.74, 6) is 0. The van der Waals surface area contributed by atoms with Crippen LogP contribution in [-0.2, 0) is 5.41 Å². The lowest BCUT2D eigenvalue weighted by Gasteiger charge is -2.30. The van der Waals surface area contributed by atoms with E-state index in [4.69, 9.17) is 0 Å². The van der Waals surface area contributed by atoms with E-state index in [0.29, 0.717) is 0 Å². The van der Waals surface area contributed by atoms with Crippen LogP contribution in [0.5, 0.6) is 0 Å². The second-order valence-corrected chi connectivity index (χ2v) is 15.0. The number of benzene rings is 9. The summed E-state index contributed by atoms with van der Waals surface area (Å²) in [7, 11) is 0. The van der Waals surface area contributed by atoms with Gasteiger partial charge in [0.05, 0.1) is 5.69 Å². The van der Waals surface area contributed by atoms with Crippen molar-refractivity contribution in [1.29, 1.82) is 0 Å². The van der Waals surface area contributed by atoms with Crippen molar-refractivity contribution in [2.75, 3.05) is 4.90 Å². The standard InChI is InChI=1S/C53H39N/c1-53(2)50-19-11-10-18-47(50)48-30-29-46(35-51(48)53)54(45-27-24-39(25-28-45)42-22-20-37-14-6-8-16-40(37)32-42)52-31-26-43(36-12-4-3-5-13-36)34-49(52)44-23-21-38-15-7-9-17-41(38)33-44/h3-35H,1-2H3. The van der Waals surface area contributed by atoms with Crippen LogP contribution in [0.1, 0.15) is 25.0 Å². The van der Waals surface area contributed by atoms with Gasteiger partial charge in [0.1, 0.15) is 0 Å². The van der Waals surface area contributed by atoms with Gasteiger partial charge in [-0.2, -0.15) is 0 Å². The molecule has 0 aliphatic heterocycles. The summed E-state index contributed by atoms with van der Waals surface area (Å²) in [6.07, 6.45) is 0. The van der Waals surface area contributed by atoms with Gasteiger partial charge >= 0.3 is 0 Å². The van der Waals surface area contributed by atoms with Crippen molar-refractivity contribution >= 4 is 38.6 Å². The molecule has 0 N–H and O–H groups in total. The van der Waals surface area contributed by atoms with Gasteiger partial charge in [0.2, 0.25) is 0 Å². The highest BCUT2D eigenvalue weighted by atomic mass is 15.1. The maximum absolute atomic E-state index is 2.46. The van der Waals surface area contributed by atoms with E-state index in [1.165, 1.54) is 77.2 Å². The van der Waals surface area contributed by atoms with E-state index < -0.39 is 0 Å². The monoisotopic (exact) mass is 689 g/mol. The molecule has 1 aliphatic carbocycles. The highest BCUT2D eigenvalue weighted by Crippen LogP contribution is 2.51. The predicted molar refractivity (Wildman–Crippen MR) is 230 cm³/mol. The van der Waals surface area contributed by atoms with Gasteiger partial charge in [-0.25, -0.2) is 0 Å². The second kappa shape index (κ2) is 12.8. The van der Waals surface area contributed by atoms with Crippen molar-refractivity contribution in [1.82, 2.24) is 0 Å². The lowest BCUT2D eigenvalue weighted by Crippen LogP contribution is -2.17. The van der Waals surface area contributed by atoms with Crippen LogP contribution in [0.25, 0.3) is 66.1 Å². The molecule has 0 saturated carbocycles. The number of rotatable bonds is 6. The fourth-order valence-electron chi connectivity index (χ4n) is 8.56. The molecule has 9 aromatic carbocycles. The van der Waals surface area contributed by atoms with Crippen LogP contribution in [0.3, 0.4) is 0 Å². The Morgan fingerprint density at radius 3 is 1.57 bits per heavy atom. The van der Waals surface area contributed by atoms with Gasteiger partial charge < -0.3 is 4.90 Å². The van der Waals surface area contributed by atoms with Gasteiger partial charge in [-0.05, 0) is 120 Å². The normalized spacial score (nSPS) is 12.8. The highest BCUT2D eigenvalue weighted by Gasteiger charge is 2.36. The SMILES string of the molecule is CC1(C)c2ccccc2-c2ccc(N(c3ccc(-c4ccc5ccccc5c4)cc3)c3ccc(-c4ccccc4)cc3-c3ccc4ccccc4c3)cc21. The first-order valence-electron chi connectivity index (χ1n) is 18.8. The van der Waals surface area contributed by atoms with Crippen molar-refractivity contribution in [3.63, 3.8) is 0 Å². The summed E-state index contributed by atoms with van der Waals surface area (Å²) in [4.78, 5) is 2.46. The summed E-state index contributed by atoms with van der Waals surface area (Å²) in [5.41, 5.74) is 15.8. The smallest absolute Gasteiger partial charge is 0.0540 e. The average molecular weight is 690 g/mol. The molecule has 0 spiro atoms. The Balaban J connectivity index is 1.18. The molecule has 9 aromatic rings. The molecule has 0 saturated heterocycles. The fraction of sp³-hybridized carbons (Fsp3) is 0.0566. The maximum atomic E-state index is 2.46. The van der Waals surface area contributed by atoms with Gasteiger partial charge in [-0.15, -0.1) is 0 Å². The van der Waals surface area contributed by atoms with Gasteiger partial charge in [-0.1, -0.05) is 166 Å². The Kier molecular flexibility index (Phi) is 7.56. The molecule has 0 atom stereocenters. The molecule has 1 aliphatic rings. The summed E-state index contributed by atoms with van der Waals surface area (Å²) in [6.45, 7) is 4.72. The van der Waals surface area contributed by atoms with Crippen molar-refractivity contribution < 1.29 is 0 Å². The third kappa shape index (κ3) is 5.40. The molecule has 0 bridgehead atoms. The van der Waals surface area contributed by atoms with Crippen LogP contribution in [0.2, 0.25) is 0 Å². The van der Waals surface area contributed by atoms with Crippen LogP contribution in [-0.4, -0.2) is 0 Å². The van der Waals surface area contributed by atoms with Crippen LogP contribution in [0.15, 0.2) is 200 Å². The number of nitrogens with zero attached hydrogens (tertiary/aromatic N) is 1. The average Bonchev–Trinajstić information content (AvgIpc) is 3.46. The van der Waals surface area contributed by atoms with Gasteiger partial charge in [0.25, 0.3) is 0 Å². The predicted octanol–water partition coefficient (Wildman–Crippen LogP) is 14.8. The number of hydrogen-bond acceptors (Lipinski definition) is 1. The zero-order chi connectivity index (χ0) is 36.2. The van der Waals surface area contributed by atoms with E-state index in [1.54, 1.807) is 0 Å². The Morgan fingerprint density at radius 2 is 0.833 bits per heavy atom. The Morgan fingerprint density at radius 1 is 0.315 bits per heavy atom. The zero-order valence-corrected chi connectivity index (χ0v) is 30.5. The van der Waals surface area contributed by atoms with Crippen molar-refractivity contribution in [3.05, 3.63) is 211 Å². The molecule has 10 rings (SSSR count). The lowest BCUT2D eigenvalue weighted by molar-refractivity contribution is 0.660. The molecular weight excluding hydrogens is 651 g/mol. The minimum atomic E-state index is -0.119. The second-order valence-electron chi connectivity index (χ2n) is 15.0. The van der Waals surface area contributed by atoms with E-state index in [0.717, 1.165) is 17.1 Å². The molecule has 256 valence electrons. The summed E-state index contributed by atoms with van der Waals surface area (Å²) in [5, 5.41) is 4.98. The minimum Gasteiger partial charge on any atom is -0.310 e. The third-order valence-electron chi connectivity index (χ3n) is 11.4. The molecule has 1 nitrogen and oxygen atoms in total. The molecule has 0 unspecified atom stereocenters.